The summed E-state index contributed by atoms with van der Waals surface area (Å²) in [5, 5.41) is 0. The standard InChI is InChI=1S/C10H13NO3/c1-6(2)14-10(13)8-7(3)4-5-11-9(8)12/h4-6H,1-3H3,(H,11,12). The van der Waals surface area contributed by atoms with E-state index in [1.165, 1.54) is 6.20 Å². The summed E-state index contributed by atoms with van der Waals surface area (Å²) >= 11 is 0. The number of carbonyl (C=O) groups excluding carboxylic acids is 1. The Morgan fingerprint density at radius 3 is 2.64 bits per heavy atom. The van der Waals surface area contributed by atoms with Gasteiger partial charge in [0.15, 0.2) is 0 Å². The first-order valence-corrected chi connectivity index (χ1v) is 4.41. The fraction of sp³-hybridized carbons (Fsp3) is 0.400. The molecule has 0 radical (unpaired) electrons. The van der Waals surface area contributed by atoms with Gasteiger partial charge in [0.1, 0.15) is 5.56 Å². The molecule has 0 saturated carbocycles. The predicted octanol–water partition coefficient (Wildman–Crippen LogP) is 1.25. The number of carbonyl (C=O) groups is 1. The molecule has 1 aromatic rings. The number of aromatic amines is 1. The largest absolute Gasteiger partial charge is 0.459 e. The molecule has 1 rings (SSSR count). The van der Waals surface area contributed by atoms with Crippen LogP contribution in [0.2, 0.25) is 0 Å². The number of aromatic nitrogens is 1. The van der Waals surface area contributed by atoms with Gasteiger partial charge in [-0.1, -0.05) is 0 Å². The molecule has 0 fully saturated rings. The maximum Gasteiger partial charge on any atom is 0.344 e. The molecule has 0 aromatic carbocycles. The van der Waals surface area contributed by atoms with E-state index in [1.54, 1.807) is 26.8 Å². The van der Waals surface area contributed by atoms with Gasteiger partial charge in [-0.05, 0) is 32.4 Å². The summed E-state index contributed by atoms with van der Waals surface area (Å²) in [6.07, 6.45) is 1.28. The van der Waals surface area contributed by atoms with Crippen LogP contribution < -0.4 is 5.56 Å². The zero-order chi connectivity index (χ0) is 10.7. The molecule has 1 N–H and O–H groups in total. The lowest BCUT2D eigenvalue weighted by atomic mass is 10.1. The van der Waals surface area contributed by atoms with Crippen molar-refractivity contribution in [3.05, 3.63) is 33.7 Å². The van der Waals surface area contributed by atoms with Crippen molar-refractivity contribution in [1.29, 1.82) is 0 Å². The molecular weight excluding hydrogens is 182 g/mol. The first kappa shape index (κ1) is 10.5. The topological polar surface area (TPSA) is 59.2 Å². The SMILES string of the molecule is Cc1cc[nH]c(=O)c1C(=O)OC(C)C. The van der Waals surface area contributed by atoms with Crippen molar-refractivity contribution >= 4 is 5.97 Å². The molecule has 1 aromatic heterocycles. The van der Waals surface area contributed by atoms with Gasteiger partial charge in [-0.2, -0.15) is 0 Å². The van der Waals surface area contributed by atoms with Crippen molar-refractivity contribution in [2.45, 2.75) is 26.9 Å². The second-order valence-corrected chi connectivity index (χ2v) is 3.32. The number of rotatable bonds is 2. The van der Waals surface area contributed by atoms with Crippen LogP contribution in [0, 0.1) is 6.92 Å². The van der Waals surface area contributed by atoms with Crippen molar-refractivity contribution in [3.63, 3.8) is 0 Å². The smallest absolute Gasteiger partial charge is 0.344 e. The van der Waals surface area contributed by atoms with Crippen molar-refractivity contribution in [1.82, 2.24) is 4.98 Å². The molecule has 1 heterocycles. The summed E-state index contributed by atoms with van der Waals surface area (Å²) in [5.74, 6) is -0.570. The minimum Gasteiger partial charge on any atom is -0.459 e. The van der Waals surface area contributed by atoms with Gasteiger partial charge in [0.05, 0.1) is 6.10 Å². The van der Waals surface area contributed by atoms with Gasteiger partial charge in [-0.3, -0.25) is 4.79 Å². The Hall–Kier alpha value is -1.58. The lowest BCUT2D eigenvalue weighted by molar-refractivity contribution is 0.0375. The monoisotopic (exact) mass is 195 g/mol. The van der Waals surface area contributed by atoms with Crippen LogP contribution in [0.5, 0.6) is 0 Å². The summed E-state index contributed by atoms with van der Waals surface area (Å²) in [7, 11) is 0. The fourth-order valence-electron chi connectivity index (χ4n) is 1.10. The van der Waals surface area contributed by atoms with Crippen molar-refractivity contribution in [2.24, 2.45) is 0 Å². The number of nitrogens with one attached hydrogen (secondary N) is 1. The van der Waals surface area contributed by atoms with Crippen molar-refractivity contribution in [3.8, 4) is 0 Å². The van der Waals surface area contributed by atoms with E-state index < -0.39 is 11.5 Å². The molecule has 0 atom stereocenters. The molecule has 0 aliphatic carbocycles. The molecular formula is C10H13NO3. The van der Waals surface area contributed by atoms with Gasteiger partial charge < -0.3 is 9.72 Å². The van der Waals surface area contributed by atoms with Gasteiger partial charge >= 0.3 is 5.97 Å². The van der Waals surface area contributed by atoms with Crippen molar-refractivity contribution < 1.29 is 9.53 Å². The molecule has 0 spiro atoms. The molecule has 0 aliphatic heterocycles. The lowest BCUT2D eigenvalue weighted by Crippen LogP contribution is -2.23. The van der Waals surface area contributed by atoms with E-state index in [0.717, 1.165) is 0 Å². The van der Waals surface area contributed by atoms with Crippen LogP contribution in [-0.4, -0.2) is 17.1 Å². The molecule has 4 heteroatoms. The van der Waals surface area contributed by atoms with Gasteiger partial charge in [0.2, 0.25) is 0 Å². The van der Waals surface area contributed by atoms with E-state index in [-0.39, 0.29) is 11.7 Å². The highest BCUT2D eigenvalue weighted by atomic mass is 16.5. The van der Waals surface area contributed by atoms with Crippen LogP contribution in [0.15, 0.2) is 17.1 Å². The van der Waals surface area contributed by atoms with Crippen LogP contribution in [0.25, 0.3) is 0 Å². The zero-order valence-electron chi connectivity index (χ0n) is 8.46. The maximum atomic E-state index is 11.5. The van der Waals surface area contributed by atoms with E-state index in [1.807, 2.05) is 0 Å². The van der Waals surface area contributed by atoms with Crippen LogP contribution in [0.4, 0.5) is 0 Å². The summed E-state index contributed by atoms with van der Waals surface area (Å²) in [6, 6.07) is 1.66. The molecule has 0 amide bonds. The quantitative estimate of drug-likeness (QED) is 0.722. The number of H-pyrrole nitrogens is 1. The van der Waals surface area contributed by atoms with E-state index >= 15 is 0 Å². The van der Waals surface area contributed by atoms with E-state index in [9.17, 15) is 9.59 Å². The fourth-order valence-corrected chi connectivity index (χ4v) is 1.10. The number of hydrogen-bond acceptors (Lipinski definition) is 3. The van der Waals surface area contributed by atoms with Crippen LogP contribution in [0.3, 0.4) is 0 Å². The maximum absolute atomic E-state index is 11.5. The van der Waals surface area contributed by atoms with Gasteiger partial charge in [0, 0.05) is 6.20 Å². The first-order valence-electron chi connectivity index (χ1n) is 4.41. The van der Waals surface area contributed by atoms with E-state index in [2.05, 4.69) is 4.98 Å². The third-order valence-electron chi connectivity index (χ3n) is 1.72. The second kappa shape index (κ2) is 4.09. The van der Waals surface area contributed by atoms with Crippen molar-refractivity contribution in [2.75, 3.05) is 0 Å². The molecule has 0 aliphatic rings. The van der Waals surface area contributed by atoms with Gasteiger partial charge in [-0.25, -0.2) is 4.79 Å². The number of aryl methyl sites for hydroxylation is 1. The Bertz CT molecular complexity index is 393. The molecule has 76 valence electrons. The average molecular weight is 195 g/mol. The van der Waals surface area contributed by atoms with Gasteiger partial charge in [0.25, 0.3) is 5.56 Å². The third-order valence-corrected chi connectivity index (χ3v) is 1.72. The van der Waals surface area contributed by atoms with Gasteiger partial charge in [-0.15, -0.1) is 0 Å². The highest BCUT2D eigenvalue weighted by Crippen LogP contribution is 2.04. The number of esters is 1. The first-order chi connectivity index (χ1) is 6.52. The third kappa shape index (κ3) is 2.22. The Morgan fingerprint density at radius 1 is 1.50 bits per heavy atom. The Morgan fingerprint density at radius 2 is 2.14 bits per heavy atom. The predicted molar refractivity (Wildman–Crippen MR) is 52.4 cm³/mol. The lowest BCUT2D eigenvalue weighted by Gasteiger charge is -2.08. The normalized spacial score (nSPS) is 10.3. The van der Waals surface area contributed by atoms with Crippen LogP contribution in [0.1, 0.15) is 29.8 Å². The number of hydrogen-bond donors (Lipinski definition) is 1. The highest BCUT2D eigenvalue weighted by molar-refractivity contribution is 5.90. The molecule has 14 heavy (non-hydrogen) atoms. The van der Waals surface area contributed by atoms with E-state index in [4.69, 9.17) is 4.74 Å². The minimum absolute atomic E-state index is 0.0844. The summed E-state index contributed by atoms with van der Waals surface area (Å²) in [4.78, 5) is 25.2. The Balaban J connectivity index is 3.07. The Labute approximate surface area is 81.9 Å². The Kier molecular flexibility index (Phi) is 3.06. The molecule has 4 nitrogen and oxygen atoms in total. The average Bonchev–Trinajstić information content (AvgIpc) is 2.01. The number of pyridine rings is 1. The number of ether oxygens (including phenoxy) is 1. The molecule has 0 bridgehead atoms. The van der Waals surface area contributed by atoms with E-state index in [0.29, 0.717) is 5.56 Å². The minimum atomic E-state index is -0.570. The van der Waals surface area contributed by atoms with Crippen LogP contribution >= 0.6 is 0 Å². The summed E-state index contributed by atoms with van der Waals surface area (Å²) < 4.78 is 4.94. The second-order valence-electron chi connectivity index (χ2n) is 3.32. The molecule has 0 unspecified atom stereocenters. The summed E-state index contributed by atoms with van der Waals surface area (Å²) in [6.45, 7) is 5.18. The summed E-state index contributed by atoms with van der Waals surface area (Å²) in [5.41, 5.74) is 0.302. The highest BCUT2D eigenvalue weighted by Gasteiger charge is 2.15. The molecule has 0 saturated heterocycles. The van der Waals surface area contributed by atoms with Crippen LogP contribution in [-0.2, 0) is 4.74 Å². The zero-order valence-corrected chi connectivity index (χ0v) is 8.46.